The lowest BCUT2D eigenvalue weighted by atomic mass is 10.1. The van der Waals surface area contributed by atoms with Crippen LogP contribution in [0.15, 0.2) is 24.3 Å². The molecule has 1 atom stereocenters. The zero-order chi connectivity index (χ0) is 20.0. The molecule has 0 N–H and O–H groups in total. The van der Waals surface area contributed by atoms with E-state index in [2.05, 4.69) is 0 Å². The minimum absolute atomic E-state index is 0.154. The summed E-state index contributed by atoms with van der Waals surface area (Å²) in [7, 11) is 0. The van der Waals surface area contributed by atoms with Gasteiger partial charge in [-0.15, -0.1) is 0 Å². The Bertz CT molecular complexity index is 677. The molecule has 0 saturated carbocycles. The molecule has 1 aromatic carbocycles. The summed E-state index contributed by atoms with van der Waals surface area (Å²) in [6.07, 6.45) is 1.15. The van der Waals surface area contributed by atoms with E-state index in [0.717, 1.165) is 12.8 Å². The summed E-state index contributed by atoms with van der Waals surface area (Å²) in [5, 5.41) is 0. The SMILES string of the molecule is CCOC(=O)C(=O)c1ccc(O[C@@H]2CCCN(C(=O)OC(C)(C)C)C2)cc1. The van der Waals surface area contributed by atoms with E-state index in [9.17, 15) is 14.4 Å². The minimum atomic E-state index is -0.869. The molecule has 7 heteroatoms. The van der Waals surface area contributed by atoms with E-state index in [-0.39, 0.29) is 24.4 Å². The molecule has 1 amide bonds. The Morgan fingerprint density at radius 3 is 2.41 bits per heavy atom. The number of ether oxygens (including phenoxy) is 3. The molecule has 0 aliphatic carbocycles. The average molecular weight is 377 g/mol. The van der Waals surface area contributed by atoms with Crippen LogP contribution in [-0.4, -0.2) is 54.1 Å². The van der Waals surface area contributed by atoms with Crippen molar-refractivity contribution in [2.75, 3.05) is 19.7 Å². The van der Waals surface area contributed by atoms with Crippen LogP contribution in [0, 0.1) is 0 Å². The Kier molecular flexibility index (Phi) is 6.82. The molecular formula is C20H27NO6. The summed E-state index contributed by atoms with van der Waals surface area (Å²) >= 11 is 0. The maximum atomic E-state index is 12.2. The second kappa shape index (κ2) is 8.88. The Hall–Kier alpha value is -2.57. The number of esters is 1. The van der Waals surface area contributed by atoms with Crippen LogP contribution in [0.3, 0.4) is 0 Å². The number of hydrogen-bond acceptors (Lipinski definition) is 6. The first-order chi connectivity index (χ1) is 12.7. The number of amides is 1. The third-order valence-corrected chi connectivity index (χ3v) is 3.91. The van der Waals surface area contributed by atoms with Crippen LogP contribution in [0.2, 0.25) is 0 Å². The lowest BCUT2D eigenvalue weighted by Crippen LogP contribution is -2.46. The van der Waals surface area contributed by atoms with Crippen LogP contribution in [-0.2, 0) is 14.3 Å². The molecule has 0 unspecified atom stereocenters. The van der Waals surface area contributed by atoms with Gasteiger partial charge in [0, 0.05) is 12.1 Å². The van der Waals surface area contributed by atoms with E-state index < -0.39 is 17.4 Å². The average Bonchev–Trinajstić information content (AvgIpc) is 2.61. The molecule has 0 radical (unpaired) electrons. The zero-order valence-electron chi connectivity index (χ0n) is 16.3. The van der Waals surface area contributed by atoms with Gasteiger partial charge in [0.1, 0.15) is 17.5 Å². The first-order valence-electron chi connectivity index (χ1n) is 9.15. The molecule has 1 aromatic rings. The number of likely N-dealkylation sites (tertiary alicyclic amines) is 1. The summed E-state index contributed by atoms with van der Waals surface area (Å²) in [5.41, 5.74) is -0.286. The number of carbonyl (C=O) groups excluding carboxylic acids is 3. The fourth-order valence-corrected chi connectivity index (χ4v) is 2.72. The van der Waals surface area contributed by atoms with Gasteiger partial charge in [0.15, 0.2) is 0 Å². The van der Waals surface area contributed by atoms with Gasteiger partial charge in [0.25, 0.3) is 5.78 Å². The Labute approximate surface area is 159 Å². The number of piperidine rings is 1. The van der Waals surface area contributed by atoms with Crippen molar-refractivity contribution in [3.05, 3.63) is 29.8 Å². The monoisotopic (exact) mass is 377 g/mol. The third-order valence-electron chi connectivity index (χ3n) is 3.91. The molecule has 2 rings (SSSR count). The lowest BCUT2D eigenvalue weighted by molar-refractivity contribution is -0.137. The number of nitrogens with zero attached hydrogens (tertiary/aromatic N) is 1. The quantitative estimate of drug-likeness (QED) is 0.445. The van der Waals surface area contributed by atoms with Crippen LogP contribution < -0.4 is 4.74 Å². The van der Waals surface area contributed by atoms with Gasteiger partial charge >= 0.3 is 12.1 Å². The molecule has 0 spiro atoms. The number of carbonyl (C=O) groups is 3. The van der Waals surface area contributed by atoms with E-state index in [4.69, 9.17) is 14.2 Å². The predicted octanol–water partition coefficient (Wildman–Crippen LogP) is 3.21. The van der Waals surface area contributed by atoms with Crippen molar-refractivity contribution >= 4 is 17.8 Å². The third kappa shape index (κ3) is 6.27. The van der Waals surface area contributed by atoms with Crippen LogP contribution in [0.4, 0.5) is 4.79 Å². The standard InChI is InChI=1S/C20H27NO6/c1-5-25-18(23)17(22)14-8-10-15(11-9-14)26-16-7-6-12-21(13-16)19(24)27-20(2,3)4/h8-11,16H,5-7,12-13H2,1-4H3/t16-/m1/s1. The first kappa shape index (κ1) is 20.7. The summed E-state index contributed by atoms with van der Waals surface area (Å²) < 4.78 is 16.1. The summed E-state index contributed by atoms with van der Waals surface area (Å²) in [5.74, 6) is -0.977. The van der Waals surface area contributed by atoms with E-state index in [1.54, 1.807) is 24.0 Å². The molecule has 27 heavy (non-hydrogen) atoms. The Morgan fingerprint density at radius 1 is 1.15 bits per heavy atom. The van der Waals surface area contributed by atoms with Crippen molar-refractivity contribution in [1.82, 2.24) is 4.90 Å². The van der Waals surface area contributed by atoms with Gasteiger partial charge < -0.3 is 19.1 Å². The maximum Gasteiger partial charge on any atom is 0.410 e. The molecular weight excluding hydrogens is 350 g/mol. The first-order valence-corrected chi connectivity index (χ1v) is 9.15. The fraction of sp³-hybridized carbons (Fsp3) is 0.550. The van der Waals surface area contributed by atoms with Gasteiger partial charge in [-0.05, 0) is 64.8 Å². The van der Waals surface area contributed by atoms with Crippen molar-refractivity contribution < 1.29 is 28.6 Å². The van der Waals surface area contributed by atoms with Gasteiger partial charge in [-0.25, -0.2) is 9.59 Å². The second-order valence-corrected chi connectivity index (χ2v) is 7.38. The molecule has 1 fully saturated rings. The smallest absolute Gasteiger partial charge is 0.410 e. The van der Waals surface area contributed by atoms with Crippen molar-refractivity contribution in [2.45, 2.75) is 52.2 Å². The maximum absolute atomic E-state index is 12.2. The molecule has 0 bridgehead atoms. The molecule has 1 heterocycles. The van der Waals surface area contributed by atoms with Crippen LogP contribution in [0.1, 0.15) is 50.9 Å². The minimum Gasteiger partial charge on any atom is -0.489 e. The van der Waals surface area contributed by atoms with Gasteiger partial charge in [0.05, 0.1) is 13.2 Å². The lowest BCUT2D eigenvalue weighted by Gasteiger charge is -2.34. The van der Waals surface area contributed by atoms with Crippen LogP contribution >= 0.6 is 0 Å². The van der Waals surface area contributed by atoms with E-state index in [0.29, 0.717) is 18.8 Å². The van der Waals surface area contributed by atoms with E-state index in [1.165, 1.54) is 12.1 Å². The van der Waals surface area contributed by atoms with Crippen molar-refractivity contribution in [1.29, 1.82) is 0 Å². The highest BCUT2D eigenvalue weighted by molar-refractivity contribution is 6.40. The molecule has 1 saturated heterocycles. The molecule has 148 valence electrons. The fourth-order valence-electron chi connectivity index (χ4n) is 2.72. The number of benzene rings is 1. The normalized spacial score (nSPS) is 17.2. The number of Topliss-reactive ketones (excluding diaryl/α,β-unsaturated/α-hetero) is 1. The van der Waals surface area contributed by atoms with E-state index in [1.807, 2.05) is 20.8 Å². The largest absolute Gasteiger partial charge is 0.489 e. The highest BCUT2D eigenvalue weighted by Crippen LogP contribution is 2.21. The molecule has 7 nitrogen and oxygen atoms in total. The van der Waals surface area contributed by atoms with Crippen LogP contribution in [0.25, 0.3) is 0 Å². The summed E-state index contributed by atoms with van der Waals surface area (Å²) in [6, 6.07) is 6.34. The van der Waals surface area contributed by atoms with Gasteiger partial charge in [-0.1, -0.05) is 0 Å². The Morgan fingerprint density at radius 2 is 1.81 bits per heavy atom. The number of ketones is 1. The number of hydrogen-bond donors (Lipinski definition) is 0. The van der Waals surface area contributed by atoms with Crippen molar-refractivity contribution in [3.63, 3.8) is 0 Å². The van der Waals surface area contributed by atoms with Crippen molar-refractivity contribution in [3.8, 4) is 5.75 Å². The Balaban J connectivity index is 1.93. The highest BCUT2D eigenvalue weighted by Gasteiger charge is 2.28. The van der Waals surface area contributed by atoms with Crippen LogP contribution in [0.5, 0.6) is 5.75 Å². The predicted molar refractivity (Wildman–Crippen MR) is 98.9 cm³/mol. The van der Waals surface area contributed by atoms with Gasteiger partial charge in [-0.3, -0.25) is 4.79 Å². The highest BCUT2D eigenvalue weighted by atomic mass is 16.6. The van der Waals surface area contributed by atoms with Gasteiger partial charge in [0.2, 0.25) is 0 Å². The molecule has 1 aliphatic heterocycles. The summed E-state index contributed by atoms with van der Waals surface area (Å²) in [6.45, 7) is 8.39. The van der Waals surface area contributed by atoms with Crippen molar-refractivity contribution in [2.24, 2.45) is 0 Å². The molecule has 1 aliphatic rings. The topological polar surface area (TPSA) is 82.1 Å². The second-order valence-electron chi connectivity index (χ2n) is 7.38. The molecule has 0 aromatic heterocycles. The van der Waals surface area contributed by atoms with E-state index >= 15 is 0 Å². The van der Waals surface area contributed by atoms with Gasteiger partial charge in [-0.2, -0.15) is 0 Å². The summed E-state index contributed by atoms with van der Waals surface area (Å²) in [4.78, 5) is 37.3. The zero-order valence-corrected chi connectivity index (χ0v) is 16.3. The number of rotatable bonds is 5.